The van der Waals surface area contributed by atoms with E-state index in [0.717, 1.165) is 22.0 Å². The van der Waals surface area contributed by atoms with Gasteiger partial charge in [-0.05, 0) is 42.4 Å². The second-order valence-electron chi connectivity index (χ2n) is 10.8. The molecule has 3 unspecified atom stereocenters. The fourth-order valence-electron chi connectivity index (χ4n) is 5.46. The van der Waals surface area contributed by atoms with Gasteiger partial charge in [-0.2, -0.15) is 0 Å². The van der Waals surface area contributed by atoms with E-state index in [1.165, 1.54) is 7.11 Å². The molecule has 3 atom stereocenters. The Kier molecular flexibility index (Phi) is 7.71. The Bertz CT molecular complexity index is 1310. The van der Waals surface area contributed by atoms with E-state index in [0.29, 0.717) is 18.4 Å². The molecule has 7 nitrogen and oxygen atoms in total. The Labute approximate surface area is 218 Å². The monoisotopic (exact) mass is 503 g/mol. The van der Waals surface area contributed by atoms with Gasteiger partial charge in [0.1, 0.15) is 12.1 Å². The van der Waals surface area contributed by atoms with Crippen LogP contribution in [-0.4, -0.2) is 46.4 Å². The van der Waals surface area contributed by atoms with Gasteiger partial charge >= 0.3 is 5.97 Å². The second-order valence-corrected chi connectivity index (χ2v) is 10.8. The highest BCUT2D eigenvalue weighted by atomic mass is 16.5. The number of nitrogens with one attached hydrogen (secondary N) is 1. The van der Waals surface area contributed by atoms with Crippen molar-refractivity contribution < 1.29 is 19.1 Å². The van der Waals surface area contributed by atoms with Crippen LogP contribution in [0.3, 0.4) is 0 Å². The van der Waals surface area contributed by atoms with E-state index in [-0.39, 0.29) is 23.7 Å². The second kappa shape index (κ2) is 10.8. The van der Waals surface area contributed by atoms with Gasteiger partial charge in [0.25, 0.3) is 5.91 Å². The van der Waals surface area contributed by atoms with Gasteiger partial charge in [0.05, 0.1) is 13.2 Å². The Morgan fingerprint density at radius 3 is 2.27 bits per heavy atom. The van der Waals surface area contributed by atoms with Crippen LogP contribution in [0.15, 0.2) is 54.7 Å². The van der Waals surface area contributed by atoms with Gasteiger partial charge in [-0.15, -0.1) is 0 Å². The molecule has 0 saturated heterocycles. The molecule has 1 aromatic heterocycles. The SMILES string of the molecule is COC(=O)C(CC(C)C)NC(=O)C(CC(C)C)N1C(=O)c2ccccc2C1c1cn(C)c2ccccc12. The maximum absolute atomic E-state index is 14.0. The van der Waals surface area contributed by atoms with Crippen LogP contribution < -0.4 is 5.32 Å². The summed E-state index contributed by atoms with van der Waals surface area (Å²) in [6.45, 7) is 8.05. The van der Waals surface area contributed by atoms with Crippen molar-refractivity contribution in [3.05, 3.63) is 71.4 Å². The van der Waals surface area contributed by atoms with Gasteiger partial charge in [-0.3, -0.25) is 9.59 Å². The highest BCUT2D eigenvalue weighted by Crippen LogP contribution is 2.43. The van der Waals surface area contributed by atoms with E-state index in [4.69, 9.17) is 4.74 Å². The van der Waals surface area contributed by atoms with Gasteiger partial charge in [-0.25, -0.2) is 4.79 Å². The molecule has 0 aliphatic carbocycles. The third kappa shape index (κ3) is 5.13. The summed E-state index contributed by atoms with van der Waals surface area (Å²) in [6, 6.07) is 13.7. The number of carbonyl (C=O) groups excluding carboxylic acids is 3. The number of para-hydroxylation sites is 1. The number of ether oxygens (including phenoxy) is 1. The van der Waals surface area contributed by atoms with E-state index in [1.807, 2.05) is 71.1 Å². The number of fused-ring (bicyclic) bond motifs is 2. The number of aryl methyl sites for hydroxylation is 1. The largest absolute Gasteiger partial charge is 0.467 e. The van der Waals surface area contributed by atoms with Crippen molar-refractivity contribution in [1.82, 2.24) is 14.8 Å². The lowest BCUT2D eigenvalue weighted by atomic mass is 9.94. The maximum Gasteiger partial charge on any atom is 0.328 e. The van der Waals surface area contributed by atoms with Gasteiger partial charge in [0.15, 0.2) is 0 Å². The molecule has 2 heterocycles. The van der Waals surface area contributed by atoms with Crippen LogP contribution in [0, 0.1) is 11.8 Å². The minimum absolute atomic E-state index is 0.141. The number of carbonyl (C=O) groups is 3. The lowest BCUT2D eigenvalue weighted by Gasteiger charge is -2.34. The van der Waals surface area contributed by atoms with Crippen LogP contribution in [0.1, 0.15) is 68.1 Å². The van der Waals surface area contributed by atoms with Crippen LogP contribution in [0.4, 0.5) is 0 Å². The fourth-order valence-corrected chi connectivity index (χ4v) is 5.46. The number of aromatic nitrogens is 1. The number of esters is 1. The van der Waals surface area contributed by atoms with E-state index in [9.17, 15) is 14.4 Å². The van der Waals surface area contributed by atoms with E-state index >= 15 is 0 Å². The van der Waals surface area contributed by atoms with Gasteiger partial charge in [0, 0.05) is 35.3 Å². The first-order chi connectivity index (χ1) is 17.6. The average Bonchev–Trinajstić information content (AvgIpc) is 3.35. The van der Waals surface area contributed by atoms with Gasteiger partial charge in [-0.1, -0.05) is 64.1 Å². The molecule has 0 bridgehead atoms. The molecule has 3 aromatic rings. The summed E-state index contributed by atoms with van der Waals surface area (Å²) in [6.07, 6.45) is 2.97. The number of hydrogen-bond acceptors (Lipinski definition) is 4. The molecule has 0 fully saturated rings. The molecule has 0 saturated carbocycles. The molecule has 1 N–H and O–H groups in total. The van der Waals surface area contributed by atoms with Crippen LogP contribution in [-0.2, 0) is 21.4 Å². The summed E-state index contributed by atoms with van der Waals surface area (Å²) in [5, 5.41) is 3.97. The maximum atomic E-state index is 14.0. The summed E-state index contributed by atoms with van der Waals surface area (Å²) >= 11 is 0. The Morgan fingerprint density at radius 1 is 0.946 bits per heavy atom. The van der Waals surface area contributed by atoms with Crippen LogP contribution >= 0.6 is 0 Å². The topological polar surface area (TPSA) is 80.6 Å². The molecule has 7 heteroatoms. The van der Waals surface area contributed by atoms with Gasteiger partial charge in [0.2, 0.25) is 5.91 Å². The van der Waals surface area contributed by atoms with Gasteiger partial charge < -0.3 is 19.5 Å². The first kappa shape index (κ1) is 26.5. The molecule has 37 heavy (non-hydrogen) atoms. The highest BCUT2D eigenvalue weighted by Gasteiger charge is 2.45. The third-order valence-electron chi connectivity index (χ3n) is 7.06. The van der Waals surface area contributed by atoms with Crippen molar-refractivity contribution in [2.45, 2.75) is 58.7 Å². The van der Waals surface area contributed by atoms with E-state index < -0.39 is 24.1 Å². The predicted octanol–water partition coefficient (Wildman–Crippen LogP) is 4.84. The van der Waals surface area contributed by atoms with Crippen molar-refractivity contribution >= 4 is 28.7 Å². The molecule has 1 aliphatic rings. The van der Waals surface area contributed by atoms with Crippen LogP contribution in [0.5, 0.6) is 0 Å². The minimum Gasteiger partial charge on any atom is -0.467 e. The molecule has 2 amide bonds. The summed E-state index contributed by atoms with van der Waals surface area (Å²) in [4.78, 5) is 42.1. The summed E-state index contributed by atoms with van der Waals surface area (Å²) in [7, 11) is 3.31. The molecule has 196 valence electrons. The number of nitrogens with zero attached hydrogens (tertiary/aromatic N) is 2. The number of amides is 2. The zero-order chi connectivity index (χ0) is 26.9. The van der Waals surface area contributed by atoms with Crippen molar-refractivity contribution in [1.29, 1.82) is 0 Å². The van der Waals surface area contributed by atoms with Crippen molar-refractivity contribution in [3.8, 4) is 0 Å². The lowest BCUT2D eigenvalue weighted by Crippen LogP contribution is -2.53. The first-order valence-corrected chi connectivity index (χ1v) is 13.0. The summed E-state index contributed by atoms with van der Waals surface area (Å²) < 4.78 is 7.03. The first-order valence-electron chi connectivity index (χ1n) is 13.0. The van der Waals surface area contributed by atoms with Crippen molar-refractivity contribution in [2.24, 2.45) is 18.9 Å². The van der Waals surface area contributed by atoms with Crippen LogP contribution in [0.25, 0.3) is 10.9 Å². The minimum atomic E-state index is -0.775. The smallest absolute Gasteiger partial charge is 0.328 e. The number of methoxy groups -OCH3 is 1. The Morgan fingerprint density at radius 2 is 1.59 bits per heavy atom. The molecular weight excluding hydrogens is 466 g/mol. The fraction of sp³-hybridized carbons (Fsp3) is 0.433. The molecule has 0 spiro atoms. The Balaban J connectivity index is 1.82. The van der Waals surface area contributed by atoms with Crippen molar-refractivity contribution in [3.63, 3.8) is 0 Å². The Hall–Kier alpha value is -3.61. The predicted molar refractivity (Wildman–Crippen MR) is 144 cm³/mol. The quantitative estimate of drug-likeness (QED) is 0.424. The van der Waals surface area contributed by atoms with E-state index in [2.05, 4.69) is 28.2 Å². The average molecular weight is 504 g/mol. The van der Waals surface area contributed by atoms with Crippen molar-refractivity contribution in [2.75, 3.05) is 7.11 Å². The number of benzene rings is 2. The molecule has 4 rings (SSSR count). The molecule has 1 aliphatic heterocycles. The molecule has 2 aromatic carbocycles. The normalized spacial score (nSPS) is 16.8. The highest BCUT2D eigenvalue weighted by molar-refractivity contribution is 6.03. The third-order valence-corrected chi connectivity index (χ3v) is 7.06. The number of hydrogen-bond donors (Lipinski definition) is 1. The molecule has 0 radical (unpaired) electrons. The summed E-state index contributed by atoms with van der Waals surface area (Å²) in [5.74, 6) is -0.674. The van der Waals surface area contributed by atoms with E-state index in [1.54, 1.807) is 4.90 Å². The molecular formula is C30H37N3O4. The zero-order valence-corrected chi connectivity index (χ0v) is 22.5. The summed E-state index contributed by atoms with van der Waals surface area (Å²) in [5.41, 5.74) is 3.53. The zero-order valence-electron chi connectivity index (χ0n) is 22.5. The number of rotatable bonds is 9. The van der Waals surface area contributed by atoms with Crippen LogP contribution in [0.2, 0.25) is 0 Å². The lowest BCUT2D eigenvalue weighted by molar-refractivity contribution is -0.146. The standard InChI is InChI=1S/C30H37N3O4/c1-18(2)15-24(30(36)37-6)31-28(34)26(16-19(3)4)33-27(21-12-7-8-13-22(21)29(33)35)23-17-32(5)25-14-10-9-11-20(23)25/h7-14,17-19,24,26-27H,15-16H2,1-6H3,(H,31,34).